The van der Waals surface area contributed by atoms with E-state index in [4.69, 9.17) is 10.8 Å². The molecule has 1 aliphatic rings. The summed E-state index contributed by atoms with van der Waals surface area (Å²) in [6.45, 7) is 0. The molecule has 3 N–H and O–H groups in total. The first-order valence-corrected chi connectivity index (χ1v) is 3.26. The SMILES string of the molecule is NC1=C(C(=O)O)CC(=C(F)F)C1. The van der Waals surface area contributed by atoms with Gasteiger partial charge in [0, 0.05) is 24.1 Å². The third-order valence-electron chi connectivity index (χ3n) is 1.71. The number of aliphatic carboxylic acids is 1. The Morgan fingerprint density at radius 3 is 2.25 bits per heavy atom. The Hall–Kier alpha value is -1.39. The molecule has 12 heavy (non-hydrogen) atoms. The Morgan fingerprint density at radius 1 is 1.42 bits per heavy atom. The van der Waals surface area contributed by atoms with Crippen molar-refractivity contribution in [2.75, 3.05) is 0 Å². The molecule has 3 nitrogen and oxygen atoms in total. The van der Waals surface area contributed by atoms with E-state index in [1.54, 1.807) is 0 Å². The lowest BCUT2D eigenvalue weighted by atomic mass is 10.2. The molecule has 0 aromatic heterocycles. The van der Waals surface area contributed by atoms with Crippen molar-refractivity contribution in [2.45, 2.75) is 12.8 Å². The van der Waals surface area contributed by atoms with E-state index in [-0.39, 0.29) is 29.7 Å². The topological polar surface area (TPSA) is 63.3 Å². The van der Waals surface area contributed by atoms with E-state index in [2.05, 4.69) is 0 Å². The molecule has 0 fully saturated rings. The molecule has 0 atom stereocenters. The maximum absolute atomic E-state index is 12.0. The van der Waals surface area contributed by atoms with E-state index in [9.17, 15) is 13.6 Å². The number of halogens is 2. The van der Waals surface area contributed by atoms with Gasteiger partial charge < -0.3 is 10.8 Å². The van der Waals surface area contributed by atoms with Crippen LogP contribution in [0.4, 0.5) is 8.78 Å². The van der Waals surface area contributed by atoms with Gasteiger partial charge in [0.15, 0.2) is 0 Å². The molecule has 0 radical (unpaired) electrons. The Morgan fingerprint density at radius 2 is 2.00 bits per heavy atom. The van der Waals surface area contributed by atoms with Crippen LogP contribution in [0, 0.1) is 0 Å². The second-order valence-corrected chi connectivity index (χ2v) is 2.53. The fourth-order valence-electron chi connectivity index (χ4n) is 1.07. The van der Waals surface area contributed by atoms with Crippen molar-refractivity contribution in [3.05, 3.63) is 22.9 Å². The number of carboxylic acid groups (broad SMARTS) is 1. The van der Waals surface area contributed by atoms with Crippen molar-refractivity contribution in [3.8, 4) is 0 Å². The highest BCUT2D eigenvalue weighted by atomic mass is 19.3. The summed E-state index contributed by atoms with van der Waals surface area (Å²) in [6, 6.07) is 0. The molecule has 66 valence electrons. The standard InChI is InChI=1S/C7H7F2NO2/c8-6(9)3-1-4(7(11)12)5(10)2-3/h1-2,10H2,(H,11,12). The number of carbonyl (C=O) groups is 1. The number of nitrogens with two attached hydrogens (primary N) is 1. The molecule has 0 bridgehead atoms. The van der Waals surface area contributed by atoms with Crippen LogP contribution in [-0.2, 0) is 4.79 Å². The van der Waals surface area contributed by atoms with Crippen molar-refractivity contribution < 1.29 is 18.7 Å². The number of hydrogen-bond acceptors (Lipinski definition) is 2. The van der Waals surface area contributed by atoms with Crippen molar-refractivity contribution in [1.29, 1.82) is 0 Å². The number of rotatable bonds is 1. The van der Waals surface area contributed by atoms with Crippen LogP contribution in [0.25, 0.3) is 0 Å². The minimum Gasteiger partial charge on any atom is -0.478 e. The maximum atomic E-state index is 12.0. The maximum Gasteiger partial charge on any atom is 0.333 e. The minimum absolute atomic E-state index is 0.0327. The highest BCUT2D eigenvalue weighted by Gasteiger charge is 2.24. The van der Waals surface area contributed by atoms with E-state index in [0.717, 1.165) is 0 Å². The molecule has 0 aliphatic heterocycles. The molecule has 0 aromatic rings. The summed E-state index contributed by atoms with van der Waals surface area (Å²) in [7, 11) is 0. The summed E-state index contributed by atoms with van der Waals surface area (Å²) in [6.07, 6.45) is -2.18. The third-order valence-corrected chi connectivity index (χ3v) is 1.71. The minimum atomic E-state index is -1.82. The van der Waals surface area contributed by atoms with Crippen LogP contribution < -0.4 is 5.73 Å². The zero-order valence-electron chi connectivity index (χ0n) is 6.10. The van der Waals surface area contributed by atoms with Crippen LogP contribution in [-0.4, -0.2) is 11.1 Å². The first kappa shape index (κ1) is 8.70. The molecule has 0 amide bonds. The van der Waals surface area contributed by atoms with Gasteiger partial charge in [0.1, 0.15) is 0 Å². The highest BCUT2D eigenvalue weighted by molar-refractivity contribution is 5.89. The summed E-state index contributed by atoms with van der Waals surface area (Å²) < 4.78 is 23.9. The molecule has 0 heterocycles. The predicted molar refractivity (Wildman–Crippen MR) is 37.3 cm³/mol. The van der Waals surface area contributed by atoms with Gasteiger partial charge in [-0.25, -0.2) is 4.79 Å². The van der Waals surface area contributed by atoms with E-state index in [1.807, 2.05) is 0 Å². The van der Waals surface area contributed by atoms with Gasteiger partial charge in [0.25, 0.3) is 6.08 Å². The Bertz CT molecular complexity index is 290. The molecular formula is C7H7F2NO2. The summed E-state index contributed by atoms with van der Waals surface area (Å²) in [5.41, 5.74) is 4.97. The van der Waals surface area contributed by atoms with Gasteiger partial charge in [-0.3, -0.25) is 0 Å². The van der Waals surface area contributed by atoms with Gasteiger partial charge in [0.2, 0.25) is 0 Å². The Labute approximate surface area is 67.2 Å². The van der Waals surface area contributed by atoms with E-state index >= 15 is 0 Å². The van der Waals surface area contributed by atoms with Crippen LogP contribution in [0.3, 0.4) is 0 Å². The molecule has 1 rings (SSSR count). The fourth-order valence-corrected chi connectivity index (χ4v) is 1.07. The molecule has 0 saturated carbocycles. The molecule has 0 aromatic carbocycles. The molecule has 0 spiro atoms. The smallest absolute Gasteiger partial charge is 0.333 e. The zero-order chi connectivity index (χ0) is 9.30. The lowest BCUT2D eigenvalue weighted by Crippen LogP contribution is -2.04. The second-order valence-electron chi connectivity index (χ2n) is 2.53. The van der Waals surface area contributed by atoms with Gasteiger partial charge in [-0.1, -0.05) is 0 Å². The van der Waals surface area contributed by atoms with Gasteiger partial charge in [0.05, 0.1) is 5.57 Å². The van der Waals surface area contributed by atoms with Crippen LogP contribution in [0.15, 0.2) is 22.9 Å². The van der Waals surface area contributed by atoms with Crippen molar-refractivity contribution in [3.63, 3.8) is 0 Å². The highest BCUT2D eigenvalue weighted by Crippen LogP contribution is 2.31. The first-order chi connectivity index (χ1) is 5.52. The van der Waals surface area contributed by atoms with Crippen LogP contribution >= 0.6 is 0 Å². The third kappa shape index (κ3) is 1.44. The van der Waals surface area contributed by atoms with Crippen LogP contribution in [0.1, 0.15) is 12.8 Å². The summed E-state index contributed by atoms with van der Waals surface area (Å²) in [5.74, 6) is -1.22. The molecule has 0 unspecified atom stereocenters. The summed E-state index contributed by atoms with van der Waals surface area (Å²) in [5, 5.41) is 8.48. The lowest BCUT2D eigenvalue weighted by molar-refractivity contribution is -0.132. The number of hydrogen-bond donors (Lipinski definition) is 2. The Balaban J connectivity index is 2.89. The molecular weight excluding hydrogens is 168 g/mol. The summed E-state index contributed by atoms with van der Waals surface area (Å²) in [4.78, 5) is 10.4. The fraction of sp³-hybridized carbons (Fsp3) is 0.286. The lowest BCUT2D eigenvalue weighted by Gasteiger charge is -1.92. The normalized spacial score (nSPS) is 17.0. The average Bonchev–Trinajstić information content (AvgIpc) is 2.30. The van der Waals surface area contributed by atoms with Crippen molar-refractivity contribution in [1.82, 2.24) is 0 Å². The van der Waals surface area contributed by atoms with Crippen LogP contribution in [0.2, 0.25) is 0 Å². The second kappa shape index (κ2) is 2.92. The zero-order valence-corrected chi connectivity index (χ0v) is 6.10. The first-order valence-electron chi connectivity index (χ1n) is 3.26. The molecule has 1 aliphatic carbocycles. The molecule has 5 heteroatoms. The quantitative estimate of drug-likeness (QED) is 0.629. The van der Waals surface area contributed by atoms with E-state index < -0.39 is 12.0 Å². The van der Waals surface area contributed by atoms with Gasteiger partial charge >= 0.3 is 5.97 Å². The average molecular weight is 175 g/mol. The van der Waals surface area contributed by atoms with Crippen LogP contribution in [0.5, 0.6) is 0 Å². The van der Waals surface area contributed by atoms with Gasteiger partial charge in [-0.15, -0.1) is 0 Å². The number of carboxylic acids is 1. The van der Waals surface area contributed by atoms with Gasteiger partial charge in [-0.05, 0) is 0 Å². The predicted octanol–water partition coefficient (Wildman–Crippen LogP) is 1.23. The van der Waals surface area contributed by atoms with Crippen molar-refractivity contribution >= 4 is 5.97 Å². The van der Waals surface area contributed by atoms with Gasteiger partial charge in [-0.2, -0.15) is 8.78 Å². The number of allylic oxidation sites excluding steroid dienone is 1. The van der Waals surface area contributed by atoms with Crippen molar-refractivity contribution in [2.24, 2.45) is 5.73 Å². The van der Waals surface area contributed by atoms with E-state index in [1.165, 1.54) is 0 Å². The Kier molecular flexibility index (Phi) is 2.12. The summed E-state index contributed by atoms with van der Waals surface area (Å²) >= 11 is 0. The largest absolute Gasteiger partial charge is 0.478 e. The monoisotopic (exact) mass is 175 g/mol. The molecule has 0 saturated heterocycles. The van der Waals surface area contributed by atoms with E-state index in [0.29, 0.717) is 0 Å².